The van der Waals surface area contributed by atoms with E-state index in [0.717, 1.165) is 50.2 Å². The Labute approximate surface area is 264 Å². The van der Waals surface area contributed by atoms with E-state index in [0.29, 0.717) is 5.56 Å². The zero-order valence-electron chi connectivity index (χ0n) is 21.0. The molecule has 38 heavy (non-hydrogen) atoms. The number of benzene rings is 3. The molecule has 1 N–H and O–H groups in total. The van der Waals surface area contributed by atoms with Gasteiger partial charge in [0.05, 0.1) is 5.69 Å². The maximum Gasteiger partial charge on any atom is 0.132 e. The third kappa shape index (κ3) is 5.53. The minimum Gasteiger partial charge on any atom is -0.507 e. The van der Waals surface area contributed by atoms with Crippen LogP contribution >= 0.6 is 0 Å². The molecular weight excluding hydrogens is 493 g/mol. The summed E-state index contributed by atoms with van der Waals surface area (Å²) in [5.41, 5.74) is 9.46. The second-order valence-corrected chi connectivity index (χ2v) is 8.77. The zero-order valence-corrected chi connectivity index (χ0v) is 24.1. The Balaban J connectivity index is 0.00000294. The largest absolute Gasteiger partial charge is 0.507 e. The van der Waals surface area contributed by atoms with Crippen molar-refractivity contribution in [1.82, 2.24) is 15.0 Å². The van der Waals surface area contributed by atoms with E-state index in [1.54, 1.807) is 18.6 Å². The second-order valence-electron chi connectivity index (χ2n) is 8.77. The average Bonchev–Trinajstić information content (AvgIpc) is 2.99. The van der Waals surface area contributed by atoms with Crippen molar-refractivity contribution in [3.05, 3.63) is 134 Å². The number of pyridine rings is 3. The monoisotopic (exact) mass is 516 g/mol. The van der Waals surface area contributed by atoms with E-state index in [1.165, 1.54) is 0 Å². The van der Waals surface area contributed by atoms with Gasteiger partial charge in [-0.25, -0.2) is 0 Å². The quantitative estimate of drug-likeness (QED) is 0.241. The number of aromatic nitrogens is 3. The van der Waals surface area contributed by atoms with E-state index in [9.17, 15) is 5.11 Å². The van der Waals surface area contributed by atoms with Gasteiger partial charge in [0.25, 0.3) is 0 Å². The van der Waals surface area contributed by atoms with Crippen LogP contribution in [0.2, 0.25) is 0 Å². The molecule has 0 unspecified atom stereocenters. The normalized spacial score (nSPS) is 10.5. The van der Waals surface area contributed by atoms with Crippen LogP contribution in [0.1, 0.15) is 0 Å². The molecule has 0 atom stereocenters. The van der Waals surface area contributed by atoms with Gasteiger partial charge in [0.15, 0.2) is 0 Å². The fourth-order valence-corrected chi connectivity index (χ4v) is 4.50. The van der Waals surface area contributed by atoms with Crippen molar-refractivity contribution in [2.75, 3.05) is 0 Å². The predicted octanol–water partition coefficient (Wildman–Crippen LogP) is 7.53. The summed E-state index contributed by atoms with van der Waals surface area (Å²) in [5.74, 6) is 0.212. The van der Waals surface area contributed by atoms with Crippen molar-refractivity contribution >= 4 is 51.4 Å². The molecule has 3 heterocycles. The van der Waals surface area contributed by atoms with Gasteiger partial charge in [-0.3, -0.25) is 15.0 Å². The first kappa shape index (κ1) is 26.2. The fraction of sp³-hybridized carbons (Fsp3) is 0. The maximum absolute atomic E-state index is 11.4. The summed E-state index contributed by atoms with van der Waals surface area (Å²) in [6.45, 7) is 0. The van der Waals surface area contributed by atoms with E-state index >= 15 is 0 Å². The molecule has 3 aromatic heterocycles. The third-order valence-corrected chi connectivity index (χ3v) is 6.45. The van der Waals surface area contributed by atoms with Crippen LogP contribution < -0.4 is 0 Å². The SMILES string of the molecule is Oc1c(-c2ccc(-c3cccnc3)cc2)cc(-c2ccc(-c3cccnc3)cc2)cc1-c1ccccn1.[K]. The Morgan fingerprint density at radius 3 is 1.47 bits per heavy atom. The molecule has 1 radical (unpaired) electrons. The topological polar surface area (TPSA) is 58.9 Å². The first-order valence-corrected chi connectivity index (χ1v) is 12.1. The summed E-state index contributed by atoms with van der Waals surface area (Å²) >= 11 is 0. The van der Waals surface area contributed by atoms with Crippen LogP contribution in [0.25, 0.3) is 55.8 Å². The summed E-state index contributed by atoms with van der Waals surface area (Å²) in [6.07, 6.45) is 9.00. The van der Waals surface area contributed by atoms with E-state index in [1.807, 2.05) is 73.1 Å². The van der Waals surface area contributed by atoms with E-state index < -0.39 is 0 Å². The molecular formula is C33H23KN3O. The van der Waals surface area contributed by atoms with Gasteiger partial charge in [-0.15, -0.1) is 0 Å². The summed E-state index contributed by atoms with van der Waals surface area (Å²) in [6, 6.07) is 34.3. The van der Waals surface area contributed by atoms with Crippen LogP contribution in [0.15, 0.2) is 134 Å². The summed E-state index contributed by atoms with van der Waals surface area (Å²) < 4.78 is 0. The molecule has 5 heteroatoms. The average molecular weight is 517 g/mol. The minimum atomic E-state index is 0. The first-order chi connectivity index (χ1) is 18.3. The molecule has 0 fully saturated rings. The minimum absolute atomic E-state index is 0. The molecule has 0 bridgehead atoms. The molecule has 0 spiro atoms. The van der Waals surface area contributed by atoms with Gasteiger partial charge in [-0.1, -0.05) is 66.7 Å². The Bertz CT molecular complexity index is 1640. The third-order valence-electron chi connectivity index (χ3n) is 6.45. The van der Waals surface area contributed by atoms with E-state index in [4.69, 9.17) is 0 Å². The van der Waals surface area contributed by atoms with Gasteiger partial charge >= 0.3 is 0 Å². The van der Waals surface area contributed by atoms with Crippen molar-refractivity contribution < 1.29 is 5.11 Å². The fourth-order valence-electron chi connectivity index (χ4n) is 4.50. The summed E-state index contributed by atoms with van der Waals surface area (Å²) in [4.78, 5) is 13.0. The molecule has 4 nitrogen and oxygen atoms in total. The van der Waals surface area contributed by atoms with Gasteiger partial charge < -0.3 is 5.11 Å². The van der Waals surface area contributed by atoms with Crippen LogP contribution in [0.5, 0.6) is 5.75 Å². The molecule has 0 saturated carbocycles. The van der Waals surface area contributed by atoms with Gasteiger partial charge in [-0.2, -0.15) is 0 Å². The first-order valence-electron chi connectivity index (χ1n) is 12.1. The molecule has 0 aliphatic heterocycles. The van der Waals surface area contributed by atoms with Crippen LogP contribution in [0.3, 0.4) is 0 Å². The second kappa shape index (κ2) is 11.9. The van der Waals surface area contributed by atoms with E-state index in [2.05, 4.69) is 57.4 Å². The molecule has 0 saturated heterocycles. The molecule has 0 amide bonds. The standard InChI is InChI=1S/C33H23N3O.K/c37-33-30(26-14-12-24(13-15-26)28-6-4-17-35-22-28)19-29(20-31(33)32-7-1-2-18-36-32)25-10-8-23(9-11-25)27-5-3-16-34-21-27;/h1-22,37H;. The van der Waals surface area contributed by atoms with Crippen LogP contribution in [-0.2, 0) is 0 Å². The Morgan fingerprint density at radius 2 is 0.974 bits per heavy atom. The number of hydrogen-bond acceptors (Lipinski definition) is 4. The van der Waals surface area contributed by atoms with Gasteiger partial charge in [-0.05, 0) is 75.3 Å². The van der Waals surface area contributed by atoms with E-state index in [-0.39, 0.29) is 57.1 Å². The maximum atomic E-state index is 11.4. The number of hydrogen-bond donors (Lipinski definition) is 1. The van der Waals surface area contributed by atoms with Crippen molar-refractivity contribution in [2.45, 2.75) is 0 Å². The molecule has 3 aromatic carbocycles. The zero-order chi connectivity index (χ0) is 25.0. The van der Waals surface area contributed by atoms with Crippen molar-refractivity contribution in [2.24, 2.45) is 0 Å². The predicted molar refractivity (Wildman–Crippen MR) is 154 cm³/mol. The molecule has 6 rings (SSSR count). The number of nitrogens with zero attached hydrogens (tertiary/aromatic N) is 3. The number of aromatic hydroxyl groups is 1. The molecule has 0 aliphatic rings. The summed E-state index contributed by atoms with van der Waals surface area (Å²) in [5, 5.41) is 11.4. The van der Waals surface area contributed by atoms with Gasteiger partial charge in [0.1, 0.15) is 5.75 Å². The van der Waals surface area contributed by atoms with Crippen molar-refractivity contribution in [3.63, 3.8) is 0 Å². The summed E-state index contributed by atoms with van der Waals surface area (Å²) in [7, 11) is 0. The van der Waals surface area contributed by atoms with Crippen molar-refractivity contribution in [1.29, 1.82) is 0 Å². The number of phenolic OH excluding ortho intramolecular Hbond substituents is 1. The Morgan fingerprint density at radius 1 is 0.447 bits per heavy atom. The number of rotatable bonds is 5. The Hall–Kier alpha value is -3.45. The number of phenols is 1. The smallest absolute Gasteiger partial charge is 0.132 e. The van der Waals surface area contributed by atoms with Crippen LogP contribution in [0, 0.1) is 0 Å². The van der Waals surface area contributed by atoms with Crippen LogP contribution in [0.4, 0.5) is 0 Å². The van der Waals surface area contributed by atoms with Gasteiger partial charge in [0, 0.05) is 93.5 Å². The molecule has 177 valence electrons. The molecule has 6 aromatic rings. The van der Waals surface area contributed by atoms with Crippen LogP contribution in [-0.4, -0.2) is 71.4 Å². The Kier molecular flexibility index (Phi) is 8.22. The van der Waals surface area contributed by atoms with Crippen molar-refractivity contribution in [3.8, 4) is 61.5 Å². The van der Waals surface area contributed by atoms with Gasteiger partial charge in [0.2, 0.25) is 0 Å². The molecule has 0 aliphatic carbocycles.